The Balaban J connectivity index is 0.00000208. The lowest BCUT2D eigenvalue weighted by molar-refractivity contribution is 0.0951. The fourth-order valence-corrected chi connectivity index (χ4v) is 4.20. The lowest BCUT2D eigenvalue weighted by Gasteiger charge is -2.09. The van der Waals surface area contributed by atoms with Gasteiger partial charge in [-0.05, 0) is 44.0 Å². The van der Waals surface area contributed by atoms with Gasteiger partial charge in [0.1, 0.15) is 5.82 Å². The summed E-state index contributed by atoms with van der Waals surface area (Å²) < 4.78 is 20.1. The molecule has 0 radical (unpaired) electrons. The summed E-state index contributed by atoms with van der Waals surface area (Å²) in [4.78, 5) is 13.1. The number of carbonyl (C=O) groups excluding carboxylic acids is 1. The molecule has 1 aromatic heterocycles. The van der Waals surface area contributed by atoms with Gasteiger partial charge in [-0.25, -0.2) is 4.39 Å². The number of hydrogen-bond acceptors (Lipinski definition) is 4. The van der Waals surface area contributed by atoms with E-state index in [1.807, 2.05) is 6.07 Å². The van der Waals surface area contributed by atoms with Crippen molar-refractivity contribution in [1.82, 2.24) is 10.6 Å². The van der Waals surface area contributed by atoms with E-state index < -0.39 is 0 Å². The Morgan fingerprint density at radius 2 is 2.33 bits per heavy atom. The molecule has 0 bridgehead atoms. The number of carbonyl (C=O) groups is 1. The molecule has 0 aliphatic carbocycles. The smallest absolute Gasteiger partial charge is 0.261 e. The van der Waals surface area contributed by atoms with Crippen molar-refractivity contribution in [3.8, 4) is 0 Å². The average molecular weight is 373 g/mol. The maximum atomic E-state index is 14.1. The lowest BCUT2D eigenvalue weighted by atomic mass is 10.1. The first-order chi connectivity index (χ1) is 11.2. The van der Waals surface area contributed by atoms with E-state index in [1.165, 1.54) is 23.8 Å². The Kier molecular flexibility index (Phi) is 6.98. The minimum atomic E-state index is -0.304. The minimum Gasteiger partial charge on any atom is -0.380 e. The Bertz CT molecular complexity index is 701. The van der Waals surface area contributed by atoms with Crippen LogP contribution in [0.25, 0.3) is 10.1 Å². The maximum absolute atomic E-state index is 14.1. The molecule has 1 amide bonds. The van der Waals surface area contributed by atoms with Gasteiger partial charge in [-0.2, -0.15) is 0 Å². The Labute approximate surface area is 151 Å². The summed E-state index contributed by atoms with van der Waals surface area (Å²) in [6.07, 6.45) is 2.14. The molecule has 2 N–H and O–H groups in total. The van der Waals surface area contributed by atoms with Crippen molar-refractivity contribution in [2.24, 2.45) is 5.92 Å². The zero-order chi connectivity index (χ0) is 16.2. The summed E-state index contributed by atoms with van der Waals surface area (Å²) in [7, 11) is 1.55. The molecule has 1 fully saturated rings. The summed E-state index contributed by atoms with van der Waals surface area (Å²) >= 11 is 1.32. The molecule has 1 aromatic carbocycles. The minimum absolute atomic E-state index is 0. The monoisotopic (exact) mass is 372 g/mol. The van der Waals surface area contributed by atoms with Gasteiger partial charge in [0.25, 0.3) is 5.91 Å². The first kappa shape index (κ1) is 19.1. The number of fused-ring (bicyclic) bond motifs is 1. The first-order valence-corrected chi connectivity index (χ1v) is 8.70. The van der Waals surface area contributed by atoms with Gasteiger partial charge in [0, 0.05) is 29.3 Å². The largest absolute Gasteiger partial charge is 0.380 e. The molecule has 132 valence electrons. The predicted molar refractivity (Wildman–Crippen MR) is 97.7 cm³/mol. The number of nitrogens with one attached hydrogen (secondary N) is 2. The Morgan fingerprint density at radius 1 is 1.50 bits per heavy atom. The van der Waals surface area contributed by atoms with E-state index in [-0.39, 0.29) is 30.7 Å². The molecule has 1 aliphatic heterocycles. The molecule has 3 rings (SSSR count). The zero-order valence-corrected chi connectivity index (χ0v) is 15.2. The molecule has 2 heterocycles. The zero-order valence-electron chi connectivity index (χ0n) is 13.6. The number of ether oxygens (including phenoxy) is 1. The number of benzene rings is 1. The second-order valence-corrected chi connectivity index (χ2v) is 6.91. The van der Waals surface area contributed by atoms with Crippen LogP contribution in [0, 0.1) is 11.7 Å². The molecule has 0 spiro atoms. The van der Waals surface area contributed by atoms with Crippen LogP contribution in [0.15, 0.2) is 18.2 Å². The van der Waals surface area contributed by atoms with Crippen LogP contribution in [0.1, 0.15) is 28.1 Å². The molecule has 1 atom stereocenters. The van der Waals surface area contributed by atoms with E-state index in [0.29, 0.717) is 28.3 Å². The van der Waals surface area contributed by atoms with Crippen molar-refractivity contribution in [2.45, 2.75) is 19.4 Å². The number of amides is 1. The summed E-state index contributed by atoms with van der Waals surface area (Å²) in [5.41, 5.74) is 0.644. The van der Waals surface area contributed by atoms with Crippen LogP contribution in [0.2, 0.25) is 0 Å². The second-order valence-electron chi connectivity index (χ2n) is 5.86. The van der Waals surface area contributed by atoms with Crippen LogP contribution >= 0.6 is 23.7 Å². The van der Waals surface area contributed by atoms with Crippen molar-refractivity contribution in [1.29, 1.82) is 0 Å². The molecule has 1 saturated heterocycles. The summed E-state index contributed by atoms with van der Waals surface area (Å²) in [6.45, 7) is 2.97. The number of hydrogen-bond donors (Lipinski definition) is 2. The fraction of sp³-hybridized carbons (Fsp3) is 0.471. The predicted octanol–water partition coefficient (Wildman–Crippen LogP) is 3.34. The number of methoxy groups -OCH3 is 1. The van der Waals surface area contributed by atoms with E-state index in [0.717, 1.165) is 24.2 Å². The fourth-order valence-electron chi connectivity index (χ4n) is 3.06. The lowest BCUT2D eigenvalue weighted by Crippen LogP contribution is -2.26. The van der Waals surface area contributed by atoms with Crippen LogP contribution in [0.5, 0.6) is 0 Å². The van der Waals surface area contributed by atoms with Crippen LogP contribution in [0.3, 0.4) is 0 Å². The number of halogens is 2. The molecule has 7 heteroatoms. The highest BCUT2D eigenvalue weighted by Crippen LogP contribution is 2.33. The second kappa shape index (κ2) is 8.76. The summed E-state index contributed by atoms with van der Waals surface area (Å²) in [5.74, 6) is 0.194. The van der Waals surface area contributed by atoms with Gasteiger partial charge in [-0.1, -0.05) is 6.07 Å². The Morgan fingerprint density at radius 3 is 3.04 bits per heavy atom. The number of thiophene rings is 1. The van der Waals surface area contributed by atoms with E-state index in [9.17, 15) is 9.18 Å². The molecule has 24 heavy (non-hydrogen) atoms. The van der Waals surface area contributed by atoms with Crippen molar-refractivity contribution >= 4 is 39.7 Å². The third-order valence-electron chi connectivity index (χ3n) is 4.26. The highest BCUT2D eigenvalue weighted by Gasteiger charge is 2.21. The first-order valence-electron chi connectivity index (χ1n) is 7.88. The van der Waals surface area contributed by atoms with Crippen molar-refractivity contribution in [3.63, 3.8) is 0 Å². The van der Waals surface area contributed by atoms with E-state index in [1.54, 1.807) is 13.2 Å². The normalized spacial score (nSPS) is 17.0. The van der Waals surface area contributed by atoms with Crippen molar-refractivity contribution in [2.75, 3.05) is 26.7 Å². The number of rotatable bonds is 6. The Hall–Kier alpha value is -1.21. The molecular weight excluding hydrogens is 351 g/mol. The molecule has 1 aliphatic rings. The topological polar surface area (TPSA) is 50.4 Å². The van der Waals surface area contributed by atoms with Gasteiger partial charge < -0.3 is 15.4 Å². The maximum Gasteiger partial charge on any atom is 0.261 e. The highest BCUT2D eigenvalue weighted by atomic mass is 35.5. The van der Waals surface area contributed by atoms with E-state index >= 15 is 0 Å². The van der Waals surface area contributed by atoms with Gasteiger partial charge in [-0.3, -0.25) is 4.79 Å². The highest BCUT2D eigenvalue weighted by molar-refractivity contribution is 7.21. The third kappa shape index (κ3) is 4.06. The molecular formula is C17H22ClFN2O2S. The van der Waals surface area contributed by atoms with Gasteiger partial charge in [0.15, 0.2) is 0 Å². The van der Waals surface area contributed by atoms with Gasteiger partial charge in [-0.15, -0.1) is 23.7 Å². The van der Waals surface area contributed by atoms with Crippen LogP contribution < -0.4 is 10.6 Å². The van der Waals surface area contributed by atoms with Crippen molar-refractivity contribution < 1.29 is 13.9 Å². The summed E-state index contributed by atoms with van der Waals surface area (Å²) in [5, 5.41) is 6.80. The SMILES string of the molecule is COCc1c(C(=O)NCCC2CCNC2)sc2cccc(F)c12.Cl. The average Bonchev–Trinajstić information content (AvgIpc) is 3.16. The molecule has 1 unspecified atom stereocenters. The van der Waals surface area contributed by atoms with Crippen LogP contribution in [-0.4, -0.2) is 32.7 Å². The standard InChI is InChI=1S/C17H21FN2O2S.ClH/c1-22-10-12-15-13(18)3-2-4-14(15)23-16(12)17(21)20-8-6-11-5-7-19-9-11;/h2-4,11,19H,5-10H2,1H3,(H,20,21);1H. The van der Waals surface area contributed by atoms with Crippen LogP contribution in [-0.2, 0) is 11.3 Å². The van der Waals surface area contributed by atoms with Gasteiger partial charge in [0.2, 0.25) is 0 Å². The summed E-state index contributed by atoms with van der Waals surface area (Å²) in [6, 6.07) is 4.92. The third-order valence-corrected chi connectivity index (χ3v) is 5.45. The van der Waals surface area contributed by atoms with E-state index in [2.05, 4.69) is 10.6 Å². The molecule has 0 saturated carbocycles. The van der Waals surface area contributed by atoms with Crippen molar-refractivity contribution in [3.05, 3.63) is 34.5 Å². The quantitative estimate of drug-likeness (QED) is 0.817. The molecule has 4 nitrogen and oxygen atoms in total. The van der Waals surface area contributed by atoms with E-state index in [4.69, 9.17) is 4.74 Å². The van der Waals surface area contributed by atoms with Gasteiger partial charge >= 0.3 is 0 Å². The molecule has 2 aromatic rings. The van der Waals surface area contributed by atoms with Gasteiger partial charge in [0.05, 0.1) is 11.5 Å². The van der Waals surface area contributed by atoms with Crippen LogP contribution in [0.4, 0.5) is 4.39 Å².